The smallest absolute Gasteiger partial charge is 0.268 e. The summed E-state index contributed by atoms with van der Waals surface area (Å²) in [6.45, 7) is 1.95. The van der Waals surface area contributed by atoms with E-state index in [0.29, 0.717) is 12.1 Å². The number of carbonyl (C=O) groups is 1. The molecule has 3 rings (SSSR count). The van der Waals surface area contributed by atoms with Gasteiger partial charge in [-0.1, -0.05) is 24.3 Å². The number of hydrogen-bond acceptors (Lipinski definition) is 2. The van der Waals surface area contributed by atoms with Gasteiger partial charge in [0.2, 0.25) is 0 Å². The Morgan fingerprint density at radius 3 is 2.75 bits per heavy atom. The predicted molar refractivity (Wildman–Crippen MR) is 76.5 cm³/mol. The van der Waals surface area contributed by atoms with Crippen molar-refractivity contribution < 1.29 is 9.90 Å². The molecule has 2 atom stereocenters. The Balaban J connectivity index is 1.85. The van der Waals surface area contributed by atoms with E-state index in [4.69, 9.17) is 0 Å². The minimum Gasteiger partial charge on any atom is -0.390 e. The first kappa shape index (κ1) is 12.9. The van der Waals surface area contributed by atoms with Crippen LogP contribution in [-0.4, -0.2) is 21.7 Å². The molecular weight excluding hydrogens is 252 g/mol. The average Bonchev–Trinajstić information content (AvgIpc) is 2.92. The molecule has 1 aliphatic rings. The van der Waals surface area contributed by atoms with Crippen LogP contribution in [0.25, 0.3) is 0 Å². The van der Waals surface area contributed by atoms with Crippen molar-refractivity contribution >= 4 is 5.91 Å². The normalized spacial score (nSPS) is 20.8. The van der Waals surface area contributed by atoms with Crippen LogP contribution in [-0.2, 0) is 13.5 Å². The average molecular weight is 270 g/mol. The molecular formula is C16H18N2O2. The molecule has 4 heteroatoms. The van der Waals surface area contributed by atoms with Crippen molar-refractivity contribution in [1.29, 1.82) is 0 Å². The Labute approximate surface area is 118 Å². The molecule has 2 aromatic rings. The Bertz CT molecular complexity index is 660. The van der Waals surface area contributed by atoms with Crippen LogP contribution >= 0.6 is 0 Å². The van der Waals surface area contributed by atoms with Gasteiger partial charge in [-0.3, -0.25) is 4.79 Å². The first-order chi connectivity index (χ1) is 9.58. The lowest BCUT2D eigenvalue weighted by Crippen LogP contribution is -2.34. The molecule has 0 saturated heterocycles. The van der Waals surface area contributed by atoms with Gasteiger partial charge in [0.1, 0.15) is 5.69 Å². The third-order valence-corrected chi connectivity index (χ3v) is 4.10. The second-order valence-electron chi connectivity index (χ2n) is 5.34. The minimum absolute atomic E-state index is 0.152. The maximum atomic E-state index is 12.3. The van der Waals surface area contributed by atoms with E-state index in [2.05, 4.69) is 5.32 Å². The number of nitrogens with one attached hydrogen (secondary N) is 1. The van der Waals surface area contributed by atoms with Crippen molar-refractivity contribution in [3.8, 4) is 0 Å². The maximum Gasteiger partial charge on any atom is 0.268 e. The largest absolute Gasteiger partial charge is 0.390 e. The van der Waals surface area contributed by atoms with Crippen molar-refractivity contribution in [1.82, 2.24) is 9.88 Å². The summed E-state index contributed by atoms with van der Waals surface area (Å²) in [6, 6.07) is 11.2. The Morgan fingerprint density at radius 2 is 2.05 bits per heavy atom. The first-order valence-corrected chi connectivity index (χ1v) is 6.77. The molecule has 1 aliphatic carbocycles. The quantitative estimate of drug-likeness (QED) is 0.873. The van der Waals surface area contributed by atoms with Gasteiger partial charge in [0.15, 0.2) is 0 Å². The van der Waals surface area contributed by atoms with Crippen LogP contribution in [0.1, 0.15) is 33.4 Å². The Kier molecular flexibility index (Phi) is 3.10. The molecule has 1 aromatic carbocycles. The summed E-state index contributed by atoms with van der Waals surface area (Å²) in [5.74, 6) is -0.152. The van der Waals surface area contributed by atoms with E-state index in [-0.39, 0.29) is 11.9 Å². The molecule has 0 aliphatic heterocycles. The number of amides is 1. The van der Waals surface area contributed by atoms with Gasteiger partial charge in [0, 0.05) is 19.2 Å². The highest BCUT2D eigenvalue weighted by Crippen LogP contribution is 2.31. The van der Waals surface area contributed by atoms with Crippen LogP contribution in [0.4, 0.5) is 0 Å². The van der Waals surface area contributed by atoms with Gasteiger partial charge in [0.25, 0.3) is 5.91 Å². The fourth-order valence-corrected chi connectivity index (χ4v) is 2.80. The van der Waals surface area contributed by atoms with Crippen LogP contribution in [0.15, 0.2) is 36.4 Å². The lowest BCUT2D eigenvalue weighted by molar-refractivity contribution is 0.0850. The maximum absolute atomic E-state index is 12.3. The molecule has 4 nitrogen and oxygen atoms in total. The zero-order valence-corrected chi connectivity index (χ0v) is 11.6. The highest BCUT2D eigenvalue weighted by Gasteiger charge is 2.32. The van der Waals surface area contributed by atoms with E-state index in [0.717, 1.165) is 16.8 Å². The van der Waals surface area contributed by atoms with E-state index < -0.39 is 6.10 Å². The standard InChI is InChI=1S/C16H18N2O2/c1-10-7-8-13(18(10)2)16(20)17-15-12-6-4-3-5-11(12)9-14(15)19/h3-8,14-15,19H,9H2,1-2H3,(H,17,20). The van der Waals surface area contributed by atoms with Crippen molar-refractivity contribution in [2.45, 2.75) is 25.5 Å². The van der Waals surface area contributed by atoms with E-state index in [9.17, 15) is 9.90 Å². The van der Waals surface area contributed by atoms with Gasteiger partial charge in [-0.25, -0.2) is 0 Å². The lowest BCUT2D eigenvalue weighted by Gasteiger charge is -2.18. The molecule has 0 bridgehead atoms. The summed E-state index contributed by atoms with van der Waals surface area (Å²) in [6.07, 6.45) is 0.0329. The third-order valence-electron chi connectivity index (χ3n) is 4.10. The molecule has 2 N–H and O–H groups in total. The monoisotopic (exact) mass is 270 g/mol. The second kappa shape index (κ2) is 4.80. The SMILES string of the molecule is Cc1ccc(C(=O)NC2c3ccccc3CC2O)n1C. The van der Waals surface area contributed by atoms with Crippen molar-refractivity contribution in [2.24, 2.45) is 7.05 Å². The number of aliphatic hydroxyl groups is 1. The summed E-state index contributed by atoms with van der Waals surface area (Å²) in [4.78, 5) is 12.3. The Morgan fingerprint density at radius 1 is 1.30 bits per heavy atom. The molecule has 2 unspecified atom stereocenters. The molecule has 0 radical (unpaired) electrons. The van der Waals surface area contributed by atoms with Crippen molar-refractivity contribution in [3.63, 3.8) is 0 Å². The summed E-state index contributed by atoms with van der Waals surface area (Å²) in [5.41, 5.74) is 3.76. The van der Waals surface area contributed by atoms with Gasteiger partial charge in [-0.05, 0) is 30.2 Å². The van der Waals surface area contributed by atoms with Gasteiger partial charge in [-0.2, -0.15) is 0 Å². The highest BCUT2D eigenvalue weighted by atomic mass is 16.3. The topological polar surface area (TPSA) is 54.3 Å². The van der Waals surface area contributed by atoms with Crippen LogP contribution in [0, 0.1) is 6.92 Å². The molecule has 104 valence electrons. The third kappa shape index (κ3) is 2.02. The van der Waals surface area contributed by atoms with E-state index in [1.54, 1.807) is 6.07 Å². The number of aliphatic hydroxyl groups excluding tert-OH is 1. The van der Waals surface area contributed by atoms with E-state index >= 15 is 0 Å². The van der Waals surface area contributed by atoms with Crippen LogP contribution < -0.4 is 5.32 Å². The number of rotatable bonds is 2. The van der Waals surface area contributed by atoms with E-state index in [1.807, 2.05) is 48.9 Å². The predicted octanol–water partition coefficient (Wildman–Crippen LogP) is 1.72. The molecule has 1 heterocycles. The van der Waals surface area contributed by atoms with E-state index in [1.165, 1.54) is 0 Å². The summed E-state index contributed by atoms with van der Waals surface area (Å²) >= 11 is 0. The highest BCUT2D eigenvalue weighted by molar-refractivity contribution is 5.93. The van der Waals surface area contributed by atoms with Gasteiger partial charge in [-0.15, -0.1) is 0 Å². The Hall–Kier alpha value is -2.07. The van der Waals surface area contributed by atoms with Crippen LogP contribution in [0.3, 0.4) is 0 Å². The first-order valence-electron chi connectivity index (χ1n) is 6.77. The molecule has 1 amide bonds. The molecule has 0 spiro atoms. The molecule has 0 fully saturated rings. The second-order valence-corrected chi connectivity index (χ2v) is 5.34. The number of aryl methyl sites for hydroxylation is 1. The fraction of sp³-hybridized carbons (Fsp3) is 0.312. The van der Waals surface area contributed by atoms with Gasteiger partial charge >= 0.3 is 0 Å². The minimum atomic E-state index is -0.558. The molecule has 1 aromatic heterocycles. The number of hydrogen-bond donors (Lipinski definition) is 2. The molecule has 20 heavy (non-hydrogen) atoms. The molecule has 0 saturated carbocycles. The fourth-order valence-electron chi connectivity index (χ4n) is 2.80. The summed E-state index contributed by atoms with van der Waals surface area (Å²) in [5, 5.41) is 13.1. The van der Waals surface area contributed by atoms with Gasteiger partial charge in [0.05, 0.1) is 12.1 Å². The number of benzene rings is 1. The number of carbonyl (C=O) groups excluding carboxylic acids is 1. The summed E-state index contributed by atoms with van der Waals surface area (Å²) < 4.78 is 1.85. The number of fused-ring (bicyclic) bond motifs is 1. The van der Waals surface area contributed by atoms with Crippen molar-refractivity contribution in [2.75, 3.05) is 0 Å². The zero-order chi connectivity index (χ0) is 14.3. The van der Waals surface area contributed by atoms with Crippen LogP contribution in [0.5, 0.6) is 0 Å². The zero-order valence-electron chi connectivity index (χ0n) is 11.6. The summed E-state index contributed by atoms with van der Waals surface area (Å²) in [7, 11) is 1.86. The number of nitrogens with zero attached hydrogens (tertiary/aromatic N) is 1. The van der Waals surface area contributed by atoms with Gasteiger partial charge < -0.3 is 15.0 Å². The number of aromatic nitrogens is 1. The lowest BCUT2D eigenvalue weighted by atomic mass is 10.1. The van der Waals surface area contributed by atoms with Crippen molar-refractivity contribution in [3.05, 3.63) is 58.9 Å². The van der Waals surface area contributed by atoms with Crippen LogP contribution in [0.2, 0.25) is 0 Å².